The maximum Gasteiger partial charge on any atom is 0.295 e. The number of aromatic nitrogens is 3. The van der Waals surface area contributed by atoms with Crippen LogP contribution >= 0.6 is 0 Å². The van der Waals surface area contributed by atoms with E-state index in [4.69, 9.17) is 5.73 Å². The van der Waals surface area contributed by atoms with E-state index < -0.39 is 40.1 Å². The van der Waals surface area contributed by atoms with Gasteiger partial charge in [0.15, 0.2) is 0 Å². The SMILES string of the molecule is Nc1ccc(/C=C\c2ccc(-n3nc4ccc5c(S(=O)(=O)O)cccc5c4n3)cc2S(=O)(=O)O)c(S(=O)(=O)O)c1. The molecule has 13 nitrogen and oxygen atoms in total. The number of hydrogen-bond acceptors (Lipinski definition) is 9. The van der Waals surface area contributed by atoms with E-state index in [9.17, 15) is 38.9 Å². The smallest absolute Gasteiger partial charge is 0.295 e. The van der Waals surface area contributed by atoms with Crippen molar-refractivity contribution in [2.24, 2.45) is 0 Å². The van der Waals surface area contributed by atoms with E-state index in [1.54, 1.807) is 6.07 Å². The zero-order valence-electron chi connectivity index (χ0n) is 19.9. The molecule has 0 spiro atoms. The summed E-state index contributed by atoms with van der Waals surface area (Å²) in [5.41, 5.74) is 6.39. The van der Waals surface area contributed by atoms with Crippen molar-refractivity contribution >= 4 is 70.0 Å². The van der Waals surface area contributed by atoms with Crippen molar-refractivity contribution in [1.82, 2.24) is 15.0 Å². The lowest BCUT2D eigenvalue weighted by Crippen LogP contribution is -2.05. The highest BCUT2D eigenvalue weighted by Gasteiger charge is 2.20. The first-order valence-electron chi connectivity index (χ1n) is 11.1. The summed E-state index contributed by atoms with van der Waals surface area (Å²) in [6, 6.07) is 14.8. The Labute approximate surface area is 227 Å². The van der Waals surface area contributed by atoms with E-state index in [1.165, 1.54) is 60.7 Å². The minimum Gasteiger partial charge on any atom is -0.399 e. The van der Waals surface area contributed by atoms with Crippen molar-refractivity contribution in [3.63, 3.8) is 0 Å². The quantitative estimate of drug-likeness (QED) is 0.125. The lowest BCUT2D eigenvalue weighted by atomic mass is 10.1. The van der Waals surface area contributed by atoms with Crippen LogP contribution in [0.3, 0.4) is 0 Å². The molecule has 0 radical (unpaired) electrons. The van der Waals surface area contributed by atoms with Gasteiger partial charge in [0.05, 0.1) is 5.69 Å². The number of fused-ring (bicyclic) bond motifs is 3. The molecule has 0 unspecified atom stereocenters. The third-order valence-electron chi connectivity index (χ3n) is 5.91. The van der Waals surface area contributed by atoms with E-state index in [-0.39, 0.29) is 38.3 Å². The summed E-state index contributed by atoms with van der Waals surface area (Å²) in [4.78, 5) is -0.275. The van der Waals surface area contributed by atoms with Gasteiger partial charge in [-0.2, -0.15) is 30.0 Å². The van der Waals surface area contributed by atoms with E-state index in [0.29, 0.717) is 10.9 Å². The summed E-state index contributed by atoms with van der Waals surface area (Å²) in [5.74, 6) is 0. The van der Waals surface area contributed by atoms with Gasteiger partial charge in [-0.25, -0.2) is 0 Å². The number of nitrogens with zero attached hydrogens (tertiary/aromatic N) is 3. The van der Waals surface area contributed by atoms with Gasteiger partial charge in [-0.05, 0) is 47.5 Å². The van der Waals surface area contributed by atoms with Gasteiger partial charge < -0.3 is 5.73 Å². The zero-order chi connectivity index (χ0) is 29.0. The number of anilines is 1. The minimum absolute atomic E-state index is 0.0122. The molecule has 0 bridgehead atoms. The van der Waals surface area contributed by atoms with Crippen LogP contribution in [0, 0.1) is 0 Å². The summed E-state index contributed by atoms with van der Waals surface area (Å²) < 4.78 is 100. The highest BCUT2D eigenvalue weighted by molar-refractivity contribution is 7.86. The molecule has 0 saturated heterocycles. The molecule has 16 heteroatoms. The van der Waals surface area contributed by atoms with Crippen molar-refractivity contribution in [2.75, 3.05) is 5.73 Å². The fraction of sp³-hybridized carbons (Fsp3) is 0. The van der Waals surface area contributed by atoms with Crippen LogP contribution in [0.2, 0.25) is 0 Å². The van der Waals surface area contributed by atoms with Crippen LogP contribution in [0.5, 0.6) is 0 Å². The highest BCUT2D eigenvalue weighted by atomic mass is 32.2. The topological polar surface area (TPSA) is 220 Å². The number of benzene rings is 4. The molecule has 1 aromatic heterocycles. The van der Waals surface area contributed by atoms with Crippen molar-refractivity contribution in [3.8, 4) is 5.69 Å². The second-order valence-electron chi connectivity index (χ2n) is 8.55. The Hall–Kier alpha value is -4.19. The zero-order valence-corrected chi connectivity index (χ0v) is 22.4. The first-order valence-corrected chi connectivity index (χ1v) is 15.4. The van der Waals surface area contributed by atoms with Crippen LogP contribution in [0.1, 0.15) is 11.1 Å². The third kappa shape index (κ3) is 5.18. The molecule has 0 aliphatic heterocycles. The molecule has 0 aliphatic carbocycles. The molecule has 5 rings (SSSR count). The molecule has 0 saturated carbocycles. The number of hydrogen-bond donors (Lipinski definition) is 4. The maximum absolute atomic E-state index is 12.2. The van der Waals surface area contributed by atoms with Crippen LogP contribution in [0.15, 0.2) is 81.4 Å². The highest BCUT2D eigenvalue weighted by Crippen LogP contribution is 2.30. The van der Waals surface area contributed by atoms with Gasteiger partial charge in [-0.15, -0.1) is 10.2 Å². The first kappa shape index (κ1) is 27.4. The van der Waals surface area contributed by atoms with Crippen LogP contribution < -0.4 is 5.73 Å². The normalized spacial score (nSPS) is 13.0. The Morgan fingerprint density at radius 3 is 1.88 bits per heavy atom. The van der Waals surface area contributed by atoms with E-state index in [1.807, 2.05) is 0 Å². The van der Waals surface area contributed by atoms with Crippen LogP contribution in [0.25, 0.3) is 39.6 Å². The molecular weight excluding hydrogens is 584 g/mol. The monoisotopic (exact) mass is 602 g/mol. The van der Waals surface area contributed by atoms with Gasteiger partial charge >= 0.3 is 0 Å². The minimum atomic E-state index is -4.80. The van der Waals surface area contributed by atoms with Gasteiger partial charge in [-0.3, -0.25) is 13.7 Å². The maximum atomic E-state index is 12.2. The summed E-state index contributed by atoms with van der Waals surface area (Å²) in [5, 5.41) is 9.24. The number of rotatable bonds is 6. The Bertz CT molecular complexity index is 2210. The van der Waals surface area contributed by atoms with Gasteiger partial charge in [0.1, 0.15) is 25.7 Å². The largest absolute Gasteiger partial charge is 0.399 e. The molecule has 206 valence electrons. The summed E-state index contributed by atoms with van der Waals surface area (Å²) in [6.07, 6.45) is 2.45. The number of nitrogens with two attached hydrogens (primary N) is 1. The summed E-state index contributed by atoms with van der Waals surface area (Å²) >= 11 is 0. The van der Waals surface area contributed by atoms with E-state index in [0.717, 1.165) is 16.9 Å². The molecule has 40 heavy (non-hydrogen) atoms. The lowest BCUT2D eigenvalue weighted by molar-refractivity contribution is 0.480. The number of nitrogen functional groups attached to an aromatic ring is 1. The standard InChI is InChI=1S/C24H18N4O9S3/c25-16-8-6-14(22(12-16)39(32,33)34)4-5-15-7-9-17(13-23(15)40(35,36)37)28-26-20-11-10-18-19(24(20)27-28)2-1-3-21(18)38(29,30)31/h1-13H,25H2,(H,29,30,31)(H,32,33,34)(H,35,36,37)/b5-4-. The van der Waals surface area contributed by atoms with E-state index in [2.05, 4.69) is 10.2 Å². The average Bonchev–Trinajstić information content (AvgIpc) is 3.31. The molecule has 0 atom stereocenters. The van der Waals surface area contributed by atoms with Crippen LogP contribution in [0.4, 0.5) is 5.69 Å². The fourth-order valence-electron chi connectivity index (χ4n) is 4.15. The Morgan fingerprint density at radius 2 is 1.25 bits per heavy atom. The summed E-state index contributed by atoms with van der Waals surface area (Å²) in [6.45, 7) is 0. The molecule has 1 heterocycles. The second kappa shape index (κ2) is 9.47. The predicted octanol–water partition coefficient (Wildman–Crippen LogP) is 3.07. The van der Waals surface area contributed by atoms with Gasteiger partial charge in [0.2, 0.25) is 0 Å². The average molecular weight is 603 g/mol. The van der Waals surface area contributed by atoms with Crippen molar-refractivity contribution in [2.45, 2.75) is 14.7 Å². The molecular formula is C24H18N4O9S3. The molecule has 0 aliphatic rings. The second-order valence-corrected chi connectivity index (χ2v) is 12.7. The Balaban J connectivity index is 1.63. The summed E-state index contributed by atoms with van der Waals surface area (Å²) in [7, 11) is -14.0. The lowest BCUT2D eigenvalue weighted by Gasteiger charge is -2.07. The van der Waals surface area contributed by atoms with Crippen molar-refractivity contribution in [1.29, 1.82) is 0 Å². The van der Waals surface area contributed by atoms with Gasteiger partial charge in [-0.1, -0.05) is 42.5 Å². The Morgan fingerprint density at radius 1 is 0.650 bits per heavy atom. The molecule has 5 N–H and O–H groups in total. The van der Waals surface area contributed by atoms with Gasteiger partial charge in [0.25, 0.3) is 30.4 Å². The van der Waals surface area contributed by atoms with Crippen molar-refractivity contribution < 1.29 is 38.9 Å². The molecule has 0 amide bonds. The molecule has 5 aromatic rings. The first-order chi connectivity index (χ1) is 18.6. The predicted molar refractivity (Wildman–Crippen MR) is 146 cm³/mol. The Kier molecular flexibility index (Phi) is 6.48. The molecule has 4 aromatic carbocycles. The third-order valence-corrected chi connectivity index (χ3v) is 8.64. The van der Waals surface area contributed by atoms with E-state index >= 15 is 0 Å². The van der Waals surface area contributed by atoms with Crippen LogP contribution in [-0.4, -0.2) is 53.9 Å². The fourth-order valence-corrected chi connectivity index (χ4v) is 6.28. The van der Waals surface area contributed by atoms with Crippen LogP contribution in [-0.2, 0) is 30.4 Å². The molecule has 0 fully saturated rings. The van der Waals surface area contributed by atoms with Gasteiger partial charge in [0, 0.05) is 16.5 Å². The van der Waals surface area contributed by atoms with Crippen molar-refractivity contribution in [3.05, 3.63) is 77.9 Å².